The van der Waals surface area contributed by atoms with Crippen molar-refractivity contribution in [2.75, 3.05) is 7.11 Å². The average Bonchev–Trinajstić information content (AvgIpc) is 2.46. The van der Waals surface area contributed by atoms with Gasteiger partial charge in [0.25, 0.3) is 5.91 Å². The summed E-state index contributed by atoms with van der Waals surface area (Å²) < 4.78 is 5.21. The number of rotatable bonds is 4. The predicted molar refractivity (Wildman–Crippen MR) is 75.3 cm³/mol. The Morgan fingerprint density at radius 2 is 1.89 bits per heavy atom. The maximum absolute atomic E-state index is 12.2. The SMILES string of the molecule is COc1ccc(C)cc1C(=O)NCc1ccccc1. The van der Waals surface area contributed by atoms with Gasteiger partial charge in [0.05, 0.1) is 12.7 Å². The van der Waals surface area contributed by atoms with Gasteiger partial charge in [-0.05, 0) is 24.6 Å². The molecule has 3 heteroatoms. The van der Waals surface area contributed by atoms with Gasteiger partial charge in [0.15, 0.2) is 0 Å². The number of hydrogen-bond donors (Lipinski definition) is 1. The van der Waals surface area contributed by atoms with E-state index in [2.05, 4.69) is 5.32 Å². The molecule has 2 rings (SSSR count). The minimum Gasteiger partial charge on any atom is -0.496 e. The quantitative estimate of drug-likeness (QED) is 0.912. The Kier molecular flexibility index (Phi) is 4.18. The summed E-state index contributed by atoms with van der Waals surface area (Å²) in [5.74, 6) is 0.473. The van der Waals surface area contributed by atoms with E-state index < -0.39 is 0 Å². The van der Waals surface area contributed by atoms with E-state index in [0.717, 1.165) is 11.1 Å². The first-order valence-corrected chi connectivity index (χ1v) is 6.17. The van der Waals surface area contributed by atoms with Gasteiger partial charge >= 0.3 is 0 Å². The molecule has 2 aromatic carbocycles. The molecule has 19 heavy (non-hydrogen) atoms. The molecule has 0 heterocycles. The van der Waals surface area contributed by atoms with Crippen LogP contribution in [0.1, 0.15) is 21.5 Å². The smallest absolute Gasteiger partial charge is 0.255 e. The number of aryl methyl sites for hydroxylation is 1. The van der Waals surface area contributed by atoms with Gasteiger partial charge in [0.1, 0.15) is 5.75 Å². The molecule has 0 spiro atoms. The third-order valence-corrected chi connectivity index (χ3v) is 2.90. The fraction of sp³-hybridized carbons (Fsp3) is 0.188. The first-order valence-electron chi connectivity index (χ1n) is 6.17. The maximum atomic E-state index is 12.2. The summed E-state index contributed by atoms with van der Waals surface area (Å²) in [5.41, 5.74) is 2.67. The minimum absolute atomic E-state index is 0.121. The Morgan fingerprint density at radius 3 is 2.58 bits per heavy atom. The van der Waals surface area contributed by atoms with Crippen molar-refractivity contribution in [3.8, 4) is 5.75 Å². The summed E-state index contributed by atoms with van der Waals surface area (Å²) in [5, 5.41) is 2.90. The summed E-state index contributed by atoms with van der Waals surface area (Å²) in [6.07, 6.45) is 0. The van der Waals surface area contributed by atoms with Gasteiger partial charge in [-0.25, -0.2) is 0 Å². The highest BCUT2D eigenvalue weighted by Gasteiger charge is 2.11. The average molecular weight is 255 g/mol. The zero-order valence-corrected chi connectivity index (χ0v) is 11.1. The number of amides is 1. The van der Waals surface area contributed by atoms with Crippen molar-refractivity contribution >= 4 is 5.91 Å². The van der Waals surface area contributed by atoms with E-state index in [4.69, 9.17) is 4.74 Å². The van der Waals surface area contributed by atoms with E-state index in [0.29, 0.717) is 17.9 Å². The molecule has 0 aromatic heterocycles. The second-order valence-corrected chi connectivity index (χ2v) is 4.37. The van der Waals surface area contributed by atoms with E-state index in [1.54, 1.807) is 7.11 Å². The normalized spacial score (nSPS) is 10.0. The van der Waals surface area contributed by atoms with Crippen LogP contribution in [0.3, 0.4) is 0 Å². The number of nitrogens with one attached hydrogen (secondary N) is 1. The lowest BCUT2D eigenvalue weighted by atomic mass is 10.1. The number of methoxy groups -OCH3 is 1. The first-order chi connectivity index (χ1) is 9.20. The van der Waals surface area contributed by atoms with E-state index in [-0.39, 0.29) is 5.91 Å². The van der Waals surface area contributed by atoms with Crippen molar-refractivity contribution in [3.05, 3.63) is 65.2 Å². The predicted octanol–water partition coefficient (Wildman–Crippen LogP) is 2.93. The molecule has 2 aromatic rings. The first kappa shape index (κ1) is 13.1. The molecule has 0 atom stereocenters. The Labute approximate surface area is 113 Å². The van der Waals surface area contributed by atoms with Crippen molar-refractivity contribution in [1.29, 1.82) is 0 Å². The molecule has 0 saturated carbocycles. The Bertz CT molecular complexity index is 564. The fourth-order valence-electron chi connectivity index (χ4n) is 1.87. The molecule has 0 bridgehead atoms. The second kappa shape index (κ2) is 6.05. The second-order valence-electron chi connectivity index (χ2n) is 4.37. The van der Waals surface area contributed by atoms with Crippen LogP contribution in [-0.4, -0.2) is 13.0 Å². The molecule has 0 radical (unpaired) electrons. The summed E-state index contributed by atoms with van der Waals surface area (Å²) in [6.45, 7) is 2.46. The van der Waals surface area contributed by atoms with Crippen molar-refractivity contribution in [2.45, 2.75) is 13.5 Å². The van der Waals surface area contributed by atoms with Crippen molar-refractivity contribution in [2.24, 2.45) is 0 Å². The van der Waals surface area contributed by atoms with Gasteiger partial charge < -0.3 is 10.1 Å². The summed E-state index contributed by atoms with van der Waals surface area (Å²) >= 11 is 0. The lowest BCUT2D eigenvalue weighted by molar-refractivity contribution is 0.0948. The van der Waals surface area contributed by atoms with Gasteiger partial charge in [-0.1, -0.05) is 42.0 Å². The van der Waals surface area contributed by atoms with Crippen LogP contribution in [-0.2, 0) is 6.54 Å². The molecule has 0 saturated heterocycles. The monoisotopic (exact) mass is 255 g/mol. The lowest BCUT2D eigenvalue weighted by Crippen LogP contribution is -2.23. The number of hydrogen-bond acceptors (Lipinski definition) is 2. The molecular formula is C16H17NO2. The third kappa shape index (κ3) is 3.35. The van der Waals surface area contributed by atoms with E-state index >= 15 is 0 Å². The fourth-order valence-corrected chi connectivity index (χ4v) is 1.87. The highest BCUT2D eigenvalue weighted by atomic mass is 16.5. The largest absolute Gasteiger partial charge is 0.496 e. The molecule has 3 nitrogen and oxygen atoms in total. The Hall–Kier alpha value is -2.29. The van der Waals surface area contributed by atoms with Gasteiger partial charge in [0.2, 0.25) is 0 Å². The van der Waals surface area contributed by atoms with E-state index in [1.807, 2.05) is 55.5 Å². The molecular weight excluding hydrogens is 238 g/mol. The van der Waals surface area contributed by atoms with E-state index in [9.17, 15) is 4.79 Å². The highest BCUT2D eigenvalue weighted by Crippen LogP contribution is 2.19. The summed E-state index contributed by atoms with van der Waals surface area (Å²) in [7, 11) is 1.57. The summed E-state index contributed by atoms with van der Waals surface area (Å²) in [4.78, 5) is 12.2. The lowest BCUT2D eigenvalue weighted by Gasteiger charge is -2.10. The minimum atomic E-state index is -0.121. The van der Waals surface area contributed by atoms with Crippen molar-refractivity contribution in [1.82, 2.24) is 5.32 Å². The topological polar surface area (TPSA) is 38.3 Å². The molecule has 1 N–H and O–H groups in total. The van der Waals surface area contributed by atoms with Gasteiger partial charge in [-0.15, -0.1) is 0 Å². The van der Waals surface area contributed by atoms with Gasteiger partial charge in [-0.3, -0.25) is 4.79 Å². The van der Waals surface area contributed by atoms with Crippen LogP contribution in [0.15, 0.2) is 48.5 Å². The zero-order valence-electron chi connectivity index (χ0n) is 11.1. The standard InChI is InChI=1S/C16H17NO2/c1-12-8-9-15(19-2)14(10-12)16(18)17-11-13-6-4-3-5-7-13/h3-10H,11H2,1-2H3,(H,17,18). The molecule has 0 aliphatic carbocycles. The number of carbonyl (C=O) groups excluding carboxylic acids is 1. The molecule has 98 valence electrons. The van der Waals surface area contributed by atoms with Crippen LogP contribution in [0.25, 0.3) is 0 Å². The van der Waals surface area contributed by atoms with Gasteiger partial charge in [-0.2, -0.15) is 0 Å². The third-order valence-electron chi connectivity index (χ3n) is 2.90. The van der Waals surface area contributed by atoms with Crippen LogP contribution < -0.4 is 10.1 Å². The summed E-state index contributed by atoms with van der Waals surface area (Å²) in [6, 6.07) is 15.4. The van der Waals surface area contributed by atoms with Crippen LogP contribution >= 0.6 is 0 Å². The van der Waals surface area contributed by atoms with Crippen molar-refractivity contribution in [3.63, 3.8) is 0 Å². The Morgan fingerprint density at radius 1 is 1.16 bits per heavy atom. The number of carbonyl (C=O) groups is 1. The molecule has 0 unspecified atom stereocenters. The van der Waals surface area contributed by atoms with Gasteiger partial charge in [0, 0.05) is 6.54 Å². The number of benzene rings is 2. The molecule has 0 fully saturated rings. The maximum Gasteiger partial charge on any atom is 0.255 e. The zero-order chi connectivity index (χ0) is 13.7. The molecule has 1 amide bonds. The highest BCUT2D eigenvalue weighted by molar-refractivity contribution is 5.97. The number of ether oxygens (including phenoxy) is 1. The van der Waals surface area contributed by atoms with Crippen molar-refractivity contribution < 1.29 is 9.53 Å². The van der Waals surface area contributed by atoms with Crippen LogP contribution in [0.4, 0.5) is 0 Å². The van der Waals surface area contributed by atoms with Crippen LogP contribution in [0.5, 0.6) is 5.75 Å². The Balaban J connectivity index is 2.10. The van der Waals surface area contributed by atoms with Crippen LogP contribution in [0.2, 0.25) is 0 Å². The van der Waals surface area contributed by atoms with Crippen LogP contribution in [0, 0.1) is 6.92 Å². The molecule has 0 aliphatic rings. The van der Waals surface area contributed by atoms with E-state index in [1.165, 1.54) is 0 Å². The molecule has 0 aliphatic heterocycles.